The van der Waals surface area contributed by atoms with E-state index in [-0.39, 0.29) is 0 Å². The summed E-state index contributed by atoms with van der Waals surface area (Å²) in [6, 6.07) is 45.4. The number of nitrogens with zero attached hydrogens (tertiary/aromatic N) is 1. The average Bonchev–Trinajstić information content (AvgIpc) is 3.40. The van der Waals surface area contributed by atoms with Crippen molar-refractivity contribution in [1.82, 2.24) is 4.67 Å². The molecule has 3 heteroatoms. The Bertz CT molecular complexity index is 1090. The van der Waals surface area contributed by atoms with Crippen molar-refractivity contribution in [2.75, 3.05) is 7.05 Å². The van der Waals surface area contributed by atoms with Crippen LogP contribution in [-0.4, -0.2) is 23.4 Å². The molecule has 0 saturated heterocycles. The van der Waals surface area contributed by atoms with E-state index in [2.05, 4.69) is 140 Å². The third kappa shape index (κ3) is 5.44. The van der Waals surface area contributed by atoms with Gasteiger partial charge in [-0.2, -0.15) is 0 Å². The number of hydrogen-bond donors (Lipinski definition) is 0. The van der Waals surface area contributed by atoms with Crippen LogP contribution in [0, 0.1) is 5.92 Å². The quantitative estimate of drug-likeness (QED) is 0.247. The summed E-state index contributed by atoms with van der Waals surface area (Å²) < 4.78 is 2.71. The molecule has 1 aliphatic rings. The van der Waals surface area contributed by atoms with E-state index in [9.17, 15) is 0 Å². The minimum absolute atomic E-state index is 0.396. The maximum atomic E-state index is 2.71. The van der Waals surface area contributed by atoms with Crippen molar-refractivity contribution in [3.05, 3.63) is 121 Å². The minimum Gasteiger partial charge on any atom is -0.275 e. The Labute approximate surface area is 213 Å². The van der Waals surface area contributed by atoms with E-state index in [1.54, 1.807) is 0 Å². The van der Waals surface area contributed by atoms with E-state index in [0.717, 1.165) is 0 Å². The van der Waals surface area contributed by atoms with Crippen LogP contribution in [-0.2, 0) is 0 Å². The predicted molar refractivity (Wildman–Crippen MR) is 156 cm³/mol. The molecule has 178 valence electrons. The highest BCUT2D eigenvalue weighted by Crippen LogP contribution is 2.53. The fourth-order valence-corrected chi connectivity index (χ4v) is 11.4. The van der Waals surface area contributed by atoms with Crippen molar-refractivity contribution in [3.8, 4) is 0 Å². The highest BCUT2D eigenvalue weighted by molar-refractivity contribution is 7.73. The van der Waals surface area contributed by atoms with Gasteiger partial charge in [-0.3, -0.25) is 4.67 Å². The molecule has 5 rings (SSSR count). The second-order valence-electron chi connectivity index (χ2n) is 9.50. The molecule has 1 nitrogen and oxygen atoms in total. The summed E-state index contributed by atoms with van der Waals surface area (Å²) in [4.78, 5) is 0. The third-order valence-electron chi connectivity index (χ3n) is 7.46. The lowest BCUT2D eigenvalue weighted by Crippen LogP contribution is -2.40. The molecule has 0 radical (unpaired) electrons. The molecule has 0 N–H and O–H groups in total. The Morgan fingerprint density at radius 3 is 1.43 bits per heavy atom. The number of benzene rings is 4. The van der Waals surface area contributed by atoms with Crippen LogP contribution in [0.2, 0.25) is 0 Å². The molecule has 3 unspecified atom stereocenters. The van der Waals surface area contributed by atoms with E-state index < -0.39 is 16.0 Å². The van der Waals surface area contributed by atoms with E-state index >= 15 is 0 Å². The van der Waals surface area contributed by atoms with Crippen LogP contribution in [0.25, 0.3) is 0 Å². The second kappa shape index (κ2) is 11.6. The molecule has 0 aromatic heterocycles. The van der Waals surface area contributed by atoms with Crippen LogP contribution in [0.1, 0.15) is 26.2 Å². The van der Waals surface area contributed by atoms with Gasteiger partial charge in [0, 0.05) is 14.1 Å². The van der Waals surface area contributed by atoms with Crippen LogP contribution < -0.4 is 21.2 Å². The molecule has 0 bridgehead atoms. The maximum absolute atomic E-state index is 2.71. The fraction of sp³-hybridized carbons (Fsp3) is 0.250. The summed E-state index contributed by atoms with van der Waals surface area (Å²) >= 11 is 0. The largest absolute Gasteiger partial charge is 0.275 e. The summed E-state index contributed by atoms with van der Waals surface area (Å²) in [7, 11) is 1.40. The molecule has 4 aromatic carbocycles. The van der Waals surface area contributed by atoms with Crippen LogP contribution in [0.15, 0.2) is 121 Å². The van der Waals surface area contributed by atoms with Crippen molar-refractivity contribution in [1.29, 1.82) is 0 Å². The predicted octanol–water partition coefficient (Wildman–Crippen LogP) is 6.66. The van der Waals surface area contributed by atoms with E-state index in [1.807, 2.05) is 0 Å². The lowest BCUT2D eigenvalue weighted by molar-refractivity contribution is 0.308. The van der Waals surface area contributed by atoms with Gasteiger partial charge in [-0.25, -0.2) is 0 Å². The molecule has 0 amide bonds. The third-order valence-corrected chi connectivity index (χ3v) is 13.0. The summed E-state index contributed by atoms with van der Waals surface area (Å²) in [5, 5.41) is 5.92. The summed E-state index contributed by atoms with van der Waals surface area (Å²) in [5.41, 5.74) is 0.704. The van der Waals surface area contributed by atoms with Crippen molar-refractivity contribution in [2.24, 2.45) is 5.92 Å². The topological polar surface area (TPSA) is 3.24 Å². The van der Waals surface area contributed by atoms with Crippen LogP contribution in [0.4, 0.5) is 0 Å². The standard InChI is InChI=1S/C32H35NP2/c1-26(33(2)35(29-20-11-5-12-21-29)30-22-13-6-14-23-30)31-24-15-25-32(31)34(27-16-7-3-8-17-27)28-18-9-4-10-19-28/h3-14,16-23,26,31-32H,15,24-25H2,1-2H3. The fourth-order valence-electron chi connectivity index (χ4n) is 5.67. The second-order valence-corrected chi connectivity index (χ2v) is 14.2. The molecular formula is C32H35NP2. The molecule has 35 heavy (non-hydrogen) atoms. The minimum atomic E-state index is -0.574. The molecule has 3 atom stereocenters. The van der Waals surface area contributed by atoms with E-state index in [4.69, 9.17) is 0 Å². The Balaban J connectivity index is 1.49. The zero-order valence-electron chi connectivity index (χ0n) is 20.7. The van der Waals surface area contributed by atoms with Gasteiger partial charge < -0.3 is 0 Å². The summed E-state index contributed by atoms with van der Waals surface area (Å²) in [5.74, 6) is 0.684. The Morgan fingerprint density at radius 2 is 1.00 bits per heavy atom. The molecular weight excluding hydrogens is 460 g/mol. The van der Waals surface area contributed by atoms with Crippen molar-refractivity contribution >= 4 is 37.2 Å². The maximum Gasteiger partial charge on any atom is 0.0281 e. The normalized spacial score (nSPS) is 18.9. The highest BCUT2D eigenvalue weighted by atomic mass is 31.1. The Morgan fingerprint density at radius 1 is 0.600 bits per heavy atom. The van der Waals surface area contributed by atoms with Crippen LogP contribution >= 0.6 is 16.0 Å². The first kappa shape index (κ1) is 24.4. The first-order valence-electron chi connectivity index (χ1n) is 12.8. The molecule has 1 aliphatic carbocycles. The molecule has 0 aliphatic heterocycles. The van der Waals surface area contributed by atoms with Gasteiger partial charge in [0.15, 0.2) is 0 Å². The highest BCUT2D eigenvalue weighted by Gasteiger charge is 2.40. The molecule has 4 aromatic rings. The van der Waals surface area contributed by atoms with Gasteiger partial charge >= 0.3 is 0 Å². The van der Waals surface area contributed by atoms with Crippen molar-refractivity contribution < 1.29 is 0 Å². The molecule has 1 saturated carbocycles. The van der Waals surface area contributed by atoms with Gasteiger partial charge in [-0.1, -0.05) is 128 Å². The van der Waals surface area contributed by atoms with Gasteiger partial charge in [-0.15, -0.1) is 0 Å². The van der Waals surface area contributed by atoms with Crippen molar-refractivity contribution in [3.63, 3.8) is 0 Å². The number of hydrogen-bond acceptors (Lipinski definition) is 1. The SMILES string of the molecule is CC(C1CCCC1P(c1ccccc1)c1ccccc1)N(C)P(c1ccccc1)c1ccccc1. The summed E-state index contributed by atoms with van der Waals surface area (Å²) in [6.45, 7) is 2.49. The molecule has 0 spiro atoms. The number of rotatable bonds is 8. The van der Waals surface area contributed by atoms with E-state index in [0.29, 0.717) is 17.6 Å². The van der Waals surface area contributed by atoms with E-state index in [1.165, 1.54) is 40.5 Å². The van der Waals surface area contributed by atoms with Gasteiger partial charge in [0.2, 0.25) is 0 Å². The first-order chi connectivity index (χ1) is 17.2. The molecule has 0 heterocycles. The zero-order chi connectivity index (χ0) is 24.0. The molecule has 1 fully saturated rings. The van der Waals surface area contributed by atoms with Gasteiger partial charge in [0.25, 0.3) is 0 Å². The Kier molecular flexibility index (Phi) is 8.10. The Hall–Kier alpha value is -2.30. The monoisotopic (exact) mass is 495 g/mol. The lowest BCUT2D eigenvalue weighted by atomic mass is 10.00. The first-order valence-corrected chi connectivity index (χ1v) is 15.5. The lowest BCUT2D eigenvalue weighted by Gasteiger charge is -2.40. The van der Waals surface area contributed by atoms with Crippen LogP contribution in [0.5, 0.6) is 0 Å². The van der Waals surface area contributed by atoms with Gasteiger partial charge in [-0.05, 0) is 67.5 Å². The summed E-state index contributed by atoms with van der Waals surface area (Å²) in [6.07, 6.45) is 3.98. The van der Waals surface area contributed by atoms with Gasteiger partial charge in [0.05, 0.1) is 0 Å². The average molecular weight is 496 g/mol. The zero-order valence-corrected chi connectivity index (χ0v) is 22.5. The van der Waals surface area contributed by atoms with Crippen LogP contribution in [0.3, 0.4) is 0 Å². The smallest absolute Gasteiger partial charge is 0.0281 e. The van der Waals surface area contributed by atoms with Crippen molar-refractivity contribution in [2.45, 2.75) is 37.9 Å². The van der Waals surface area contributed by atoms with Gasteiger partial charge in [0.1, 0.15) is 0 Å².